The fourth-order valence-electron chi connectivity index (χ4n) is 3.24. The van der Waals surface area contributed by atoms with Crippen molar-refractivity contribution < 1.29 is 9.90 Å². The molecule has 1 aromatic carbocycles. The third-order valence-corrected chi connectivity index (χ3v) is 4.30. The minimum atomic E-state index is -0.630. The lowest BCUT2D eigenvalue weighted by molar-refractivity contribution is -0.143. The maximum absolute atomic E-state index is 11.0. The van der Waals surface area contributed by atoms with Crippen LogP contribution in [0.3, 0.4) is 0 Å². The molecule has 0 heterocycles. The second kappa shape index (κ2) is 6.20. The summed E-state index contributed by atoms with van der Waals surface area (Å²) in [6.45, 7) is 2.11. The van der Waals surface area contributed by atoms with Crippen molar-refractivity contribution in [3.8, 4) is 0 Å². The zero-order valence-corrected chi connectivity index (χ0v) is 11.7. The summed E-state index contributed by atoms with van der Waals surface area (Å²) < 4.78 is 0. The summed E-state index contributed by atoms with van der Waals surface area (Å²) in [6, 6.07) is 8.94. The van der Waals surface area contributed by atoms with Crippen LogP contribution in [0.25, 0.3) is 0 Å². The first-order valence-corrected chi connectivity index (χ1v) is 7.08. The largest absolute Gasteiger partial charge is 0.481 e. The van der Waals surface area contributed by atoms with E-state index in [1.807, 2.05) is 7.05 Å². The van der Waals surface area contributed by atoms with Gasteiger partial charge in [-0.2, -0.15) is 0 Å². The quantitative estimate of drug-likeness (QED) is 0.875. The fourth-order valence-corrected chi connectivity index (χ4v) is 3.24. The highest BCUT2D eigenvalue weighted by Gasteiger charge is 2.30. The Morgan fingerprint density at radius 2 is 2.00 bits per heavy atom. The van der Waals surface area contributed by atoms with Gasteiger partial charge in [0.25, 0.3) is 0 Å². The fraction of sp³-hybridized carbons (Fsp3) is 0.562. The first-order chi connectivity index (χ1) is 9.11. The Kier molecular flexibility index (Phi) is 4.59. The van der Waals surface area contributed by atoms with Crippen molar-refractivity contribution in [2.75, 3.05) is 7.05 Å². The molecule has 1 saturated carbocycles. The number of aliphatic carboxylic acids is 1. The monoisotopic (exact) mass is 261 g/mol. The van der Waals surface area contributed by atoms with Gasteiger partial charge in [-0.3, -0.25) is 4.79 Å². The molecule has 104 valence electrons. The van der Waals surface area contributed by atoms with Crippen LogP contribution in [-0.2, 0) is 4.79 Å². The molecule has 0 saturated heterocycles. The van der Waals surface area contributed by atoms with E-state index in [1.165, 1.54) is 11.1 Å². The zero-order valence-electron chi connectivity index (χ0n) is 11.7. The van der Waals surface area contributed by atoms with Crippen LogP contribution in [0.15, 0.2) is 24.3 Å². The van der Waals surface area contributed by atoms with E-state index in [0.29, 0.717) is 12.0 Å². The highest BCUT2D eigenvalue weighted by molar-refractivity contribution is 5.70. The van der Waals surface area contributed by atoms with Gasteiger partial charge in [-0.05, 0) is 51.1 Å². The van der Waals surface area contributed by atoms with Crippen LogP contribution in [-0.4, -0.2) is 18.1 Å². The van der Waals surface area contributed by atoms with E-state index in [4.69, 9.17) is 5.11 Å². The molecule has 0 aliphatic heterocycles. The summed E-state index contributed by atoms with van der Waals surface area (Å²) >= 11 is 0. The SMILES string of the molecule is CNC(c1cccc(C)c1)C1CCC(C(=O)O)CC1. The number of carbonyl (C=O) groups is 1. The van der Waals surface area contributed by atoms with Gasteiger partial charge in [0.1, 0.15) is 0 Å². The Balaban J connectivity index is 2.05. The summed E-state index contributed by atoms with van der Waals surface area (Å²) in [4.78, 5) is 11.0. The molecular formula is C16H23NO2. The van der Waals surface area contributed by atoms with E-state index >= 15 is 0 Å². The Morgan fingerprint density at radius 3 is 2.53 bits per heavy atom. The maximum Gasteiger partial charge on any atom is 0.306 e. The van der Waals surface area contributed by atoms with Gasteiger partial charge in [-0.15, -0.1) is 0 Å². The molecule has 0 aromatic heterocycles. The Bertz CT molecular complexity index is 436. The second-order valence-corrected chi connectivity index (χ2v) is 5.63. The summed E-state index contributed by atoms with van der Waals surface area (Å²) in [5.74, 6) is -0.219. The summed E-state index contributed by atoms with van der Waals surface area (Å²) in [7, 11) is 2.00. The lowest BCUT2D eigenvalue weighted by Crippen LogP contribution is -2.30. The van der Waals surface area contributed by atoms with Crippen molar-refractivity contribution in [2.24, 2.45) is 11.8 Å². The van der Waals surface area contributed by atoms with Gasteiger partial charge in [0.05, 0.1) is 5.92 Å². The number of rotatable bonds is 4. The van der Waals surface area contributed by atoms with Gasteiger partial charge in [0.15, 0.2) is 0 Å². The van der Waals surface area contributed by atoms with Gasteiger partial charge < -0.3 is 10.4 Å². The molecule has 0 bridgehead atoms. The van der Waals surface area contributed by atoms with Crippen molar-refractivity contribution in [1.29, 1.82) is 0 Å². The molecule has 1 aromatic rings. The molecule has 2 rings (SSSR count). The van der Waals surface area contributed by atoms with Crippen LogP contribution in [0.5, 0.6) is 0 Å². The third kappa shape index (κ3) is 3.35. The average Bonchev–Trinajstić information content (AvgIpc) is 2.40. The summed E-state index contributed by atoms with van der Waals surface area (Å²) in [6.07, 6.45) is 3.61. The second-order valence-electron chi connectivity index (χ2n) is 5.63. The van der Waals surface area contributed by atoms with E-state index in [-0.39, 0.29) is 5.92 Å². The van der Waals surface area contributed by atoms with E-state index < -0.39 is 5.97 Å². The number of nitrogens with one attached hydrogen (secondary N) is 1. The van der Waals surface area contributed by atoms with E-state index in [1.54, 1.807) is 0 Å². The van der Waals surface area contributed by atoms with Crippen LogP contribution >= 0.6 is 0 Å². The summed E-state index contributed by atoms with van der Waals surface area (Å²) in [5.41, 5.74) is 2.60. The highest BCUT2D eigenvalue weighted by Crippen LogP contribution is 2.37. The molecule has 0 amide bonds. The average molecular weight is 261 g/mol. The lowest BCUT2D eigenvalue weighted by atomic mass is 9.76. The number of carboxylic acid groups (broad SMARTS) is 1. The van der Waals surface area contributed by atoms with Crippen LogP contribution in [0, 0.1) is 18.8 Å². The Morgan fingerprint density at radius 1 is 1.32 bits per heavy atom. The standard InChI is InChI=1S/C16H23NO2/c1-11-4-3-5-14(10-11)15(17-2)12-6-8-13(9-7-12)16(18)19/h3-5,10,12-13,15,17H,6-9H2,1-2H3,(H,18,19). The molecule has 1 aliphatic carbocycles. The van der Waals surface area contributed by atoms with Crippen LogP contribution in [0.4, 0.5) is 0 Å². The van der Waals surface area contributed by atoms with Gasteiger partial charge in [-0.1, -0.05) is 29.8 Å². The smallest absolute Gasteiger partial charge is 0.306 e. The lowest BCUT2D eigenvalue weighted by Gasteiger charge is -2.32. The first kappa shape index (κ1) is 14.1. The molecule has 0 spiro atoms. The zero-order chi connectivity index (χ0) is 13.8. The third-order valence-electron chi connectivity index (χ3n) is 4.30. The Hall–Kier alpha value is -1.35. The van der Waals surface area contributed by atoms with Crippen molar-refractivity contribution in [3.05, 3.63) is 35.4 Å². The normalized spacial score (nSPS) is 24.9. The molecule has 2 N–H and O–H groups in total. The highest BCUT2D eigenvalue weighted by atomic mass is 16.4. The minimum Gasteiger partial charge on any atom is -0.481 e. The number of carboxylic acids is 1. The molecule has 1 fully saturated rings. The predicted octanol–water partition coefficient (Wildman–Crippen LogP) is 3.15. The van der Waals surface area contributed by atoms with E-state index in [9.17, 15) is 4.79 Å². The molecule has 19 heavy (non-hydrogen) atoms. The van der Waals surface area contributed by atoms with Crippen LogP contribution in [0.2, 0.25) is 0 Å². The van der Waals surface area contributed by atoms with E-state index in [0.717, 1.165) is 25.7 Å². The molecule has 1 unspecified atom stereocenters. The predicted molar refractivity (Wildman–Crippen MR) is 76.1 cm³/mol. The first-order valence-electron chi connectivity index (χ1n) is 7.08. The number of hydrogen-bond donors (Lipinski definition) is 2. The van der Waals surface area contributed by atoms with E-state index in [2.05, 4.69) is 36.5 Å². The van der Waals surface area contributed by atoms with Crippen molar-refractivity contribution in [3.63, 3.8) is 0 Å². The molecule has 3 nitrogen and oxygen atoms in total. The van der Waals surface area contributed by atoms with Gasteiger partial charge in [-0.25, -0.2) is 0 Å². The summed E-state index contributed by atoms with van der Waals surface area (Å²) in [5, 5.41) is 12.5. The van der Waals surface area contributed by atoms with Crippen molar-refractivity contribution in [1.82, 2.24) is 5.32 Å². The number of benzene rings is 1. The maximum atomic E-state index is 11.0. The van der Waals surface area contributed by atoms with Crippen LogP contribution < -0.4 is 5.32 Å². The topological polar surface area (TPSA) is 49.3 Å². The minimum absolute atomic E-state index is 0.133. The molecule has 0 radical (unpaired) electrons. The molecular weight excluding hydrogens is 238 g/mol. The van der Waals surface area contributed by atoms with Gasteiger partial charge in [0.2, 0.25) is 0 Å². The van der Waals surface area contributed by atoms with Gasteiger partial charge >= 0.3 is 5.97 Å². The molecule has 1 aliphatic rings. The Labute approximate surface area is 115 Å². The van der Waals surface area contributed by atoms with Crippen molar-refractivity contribution >= 4 is 5.97 Å². The molecule has 3 heteroatoms. The van der Waals surface area contributed by atoms with Gasteiger partial charge in [0, 0.05) is 6.04 Å². The molecule has 1 atom stereocenters. The number of hydrogen-bond acceptors (Lipinski definition) is 2. The number of aryl methyl sites for hydroxylation is 1. The van der Waals surface area contributed by atoms with Crippen molar-refractivity contribution in [2.45, 2.75) is 38.6 Å². The van der Waals surface area contributed by atoms with Crippen LogP contribution in [0.1, 0.15) is 42.9 Å².